The van der Waals surface area contributed by atoms with E-state index >= 15 is 0 Å². The molecule has 1 amide bonds. The van der Waals surface area contributed by atoms with Crippen LogP contribution in [0.3, 0.4) is 0 Å². The van der Waals surface area contributed by atoms with Crippen LogP contribution < -0.4 is 5.73 Å². The Kier molecular flexibility index (Phi) is 6.11. The topological polar surface area (TPSA) is 58.8 Å². The number of hydrogen-bond acceptors (Lipinski definition) is 4. The molecule has 7 heteroatoms. The number of ether oxygens (including phenoxy) is 1. The van der Waals surface area contributed by atoms with Gasteiger partial charge in [-0.15, -0.1) is 0 Å². The Hall–Kier alpha value is -1.01. The van der Waals surface area contributed by atoms with Crippen molar-refractivity contribution in [3.63, 3.8) is 0 Å². The Morgan fingerprint density at radius 3 is 2.33 bits per heavy atom. The zero-order valence-corrected chi connectivity index (χ0v) is 13.2. The molecule has 0 spiro atoms. The van der Waals surface area contributed by atoms with Gasteiger partial charge in [0.05, 0.1) is 0 Å². The number of hydrogen-bond donors (Lipinski definition) is 1. The summed E-state index contributed by atoms with van der Waals surface area (Å²) < 4.78 is 5.30. The molecule has 0 bridgehead atoms. The van der Waals surface area contributed by atoms with Crippen molar-refractivity contribution in [2.24, 2.45) is 5.73 Å². The minimum atomic E-state index is -0.307. The fourth-order valence-electron chi connectivity index (χ4n) is 2.27. The standard InChI is InChI=1S/C14H19Cl2N3O2/c15-12-7-11(8-13(16)9-12)10-21-14(20)19-5-3-18(2-1-17)4-6-19/h7-9H,1-6,10,17H2. The van der Waals surface area contributed by atoms with Crippen LogP contribution in [0.15, 0.2) is 18.2 Å². The van der Waals surface area contributed by atoms with E-state index in [2.05, 4.69) is 4.90 Å². The molecule has 5 nitrogen and oxygen atoms in total. The highest BCUT2D eigenvalue weighted by Gasteiger charge is 2.21. The summed E-state index contributed by atoms with van der Waals surface area (Å²) in [5, 5.41) is 1.06. The lowest BCUT2D eigenvalue weighted by Crippen LogP contribution is -2.49. The van der Waals surface area contributed by atoms with Gasteiger partial charge in [-0.1, -0.05) is 23.2 Å². The van der Waals surface area contributed by atoms with Crippen LogP contribution in [0.4, 0.5) is 4.79 Å². The first-order chi connectivity index (χ1) is 10.1. The highest BCUT2D eigenvalue weighted by molar-refractivity contribution is 6.34. The maximum absolute atomic E-state index is 12.0. The van der Waals surface area contributed by atoms with Crippen LogP contribution in [-0.4, -0.2) is 55.2 Å². The Bertz CT molecular complexity index is 471. The summed E-state index contributed by atoms with van der Waals surface area (Å²) in [5.41, 5.74) is 6.30. The third-order valence-electron chi connectivity index (χ3n) is 3.36. The third kappa shape index (κ3) is 5.04. The lowest BCUT2D eigenvalue weighted by atomic mass is 10.2. The van der Waals surface area contributed by atoms with Gasteiger partial charge in [-0.3, -0.25) is 4.90 Å². The molecule has 21 heavy (non-hydrogen) atoms. The fourth-order valence-corrected chi connectivity index (χ4v) is 2.84. The summed E-state index contributed by atoms with van der Waals surface area (Å²) in [4.78, 5) is 15.9. The lowest BCUT2D eigenvalue weighted by Gasteiger charge is -2.33. The summed E-state index contributed by atoms with van der Waals surface area (Å²) in [6.07, 6.45) is -0.307. The average molecular weight is 332 g/mol. The van der Waals surface area contributed by atoms with Crippen molar-refractivity contribution in [2.45, 2.75) is 6.61 Å². The summed E-state index contributed by atoms with van der Waals surface area (Å²) in [7, 11) is 0. The van der Waals surface area contributed by atoms with E-state index < -0.39 is 0 Å². The molecule has 1 saturated heterocycles. The molecule has 0 radical (unpaired) electrons. The van der Waals surface area contributed by atoms with Gasteiger partial charge in [-0.25, -0.2) is 4.79 Å². The minimum absolute atomic E-state index is 0.169. The van der Waals surface area contributed by atoms with Crippen LogP contribution in [0.25, 0.3) is 0 Å². The molecule has 116 valence electrons. The van der Waals surface area contributed by atoms with Gasteiger partial charge in [0.1, 0.15) is 6.61 Å². The maximum atomic E-state index is 12.0. The quantitative estimate of drug-likeness (QED) is 0.918. The van der Waals surface area contributed by atoms with Gasteiger partial charge in [0, 0.05) is 49.3 Å². The number of benzene rings is 1. The van der Waals surface area contributed by atoms with Crippen molar-refractivity contribution in [3.05, 3.63) is 33.8 Å². The fraction of sp³-hybridized carbons (Fsp3) is 0.500. The number of nitrogens with two attached hydrogens (primary N) is 1. The van der Waals surface area contributed by atoms with E-state index in [0.29, 0.717) is 29.7 Å². The first kappa shape index (κ1) is 16.4. The molecule has 1 fully saturated rings. The molecule has 1 aliphatic heterocycles. The summed E-state index contributed by atoms with van der Waals surface area (Å²) in [5.74, 6) is 0. The number of carbonyl (C=O) groups is 1. The van der Waals surface area contributed by atoms with Crippen LogP contribution in [-0.2, 0) is 11.3 Å². The van der Waals surface area contributed by atoms with Crippen molar-refractivity contribution in [1.29, 1.82) is 0 Å². The largest absolute Gasteiger partial charge is 0.445 e. The molecule has 0 aromatic heterocycles. The molecular formula is C14H19Cl2N3O2. The summed E-state index contributed by atoms with van der Waals surface area (Å²) in [6.45, 7) is 4.65. The van der Waals surface area contributed by atoms with Crippen molar-refractivity contribution >= 4 is 29.3 Å². The van der Waals surface area contributed by atoms with Gasteiger partial charge in [-0.2, -0.15) is 0 Å². The van der Waals surface area contributed by atoms with E-state index in [1.807, 2.05) is 0 Å². The second-order valence-corrected chi connectivity index (χ2v) is 5.82. The lowest BCUT2D eigenvalue weighted by molar-refractivity contribution is 0.0724. The molecule has 1 heterocycles. The van der Waals surface area contributed by atoms with Crippen LogP contribution in [0, 0.1) is 0 Å². The molecule has 1 aliphatic rings. The van der Waals surface area contributed by atoms with Crippen LogP contribution in [0.5, 0.6) is 0 Å². The normalized spacial score (nSPS) is 16.0. The predicted octanol–water partition coefficient (Wildman–Crippen LogP) is 2.21. The van der Waals surface area contributed by atoms with E-state index in [1.165, 1.54) is 0 Å². The van der Waals surface area contributed by atoms with Crippen LogP contribution >= 0.6 is 23.2 Å². The first-order valence-corrected chi connectivity index (χ1v) is 7.63. The second kappa shape index (κ2) is 7.84. The second-order valence-electron chi connectivity index (χ2n) is 4.95. The van der Waals surface area contributed by atoms with Crippen LogP contribution in [0.2, 0.25) is 10.0 Å². The number of piperazine rings is 1. The number of halogens is 2. The highest BCUT2D eigenvalue weighted by Crippen LogP contribution is 2.19. The van der Waals surface area contributed by atoms with E-state index in [4.69, 9.17) is 33.7 Å². The van der Waals surface area contributed by atoms with Gasteiger partial charge in [0.25, 0.3) is 0 Å². The number of rotatable bonds is 4. The monoisotopic (exact) mass is 331 g/mol. The molecule has 0 unspecified atom stereocenters. The molecule has 0 aliphatic carbocycles. The Morgan fingerprint density at radius 2 is 1.76 bits per heavy atom. The zero-order valence-electron chi connectivity index (χ0n) is 11.7. The molecule has 2 N–H and O–H groups in total. The number of amides is 1. The smallest absolute Gasteiger partial charge is 0.410 e. The summed E-state index contributed by atoms with van der Waals surface area (Å²) in [6, 6.07) is 5.12. The average Bonchev–Trinajstić information content (AvgIpc) is 2.45. The Morgan fingerprint density at radius 1 is 1.14 bits per heavy atom. The number of nitrogens with zero attached hydrogens (tertiary/aromatic N) is 2. The van der Waals surface area contributed by atoms with Gasteiger partial charge < -0.3 is 15.4 Å². The SMILES string of the molecule is NCCN1CCN(C(=O)OCc2cc(Cl)cc(Cl)c2)CC1. The number of carbonyl (C=O) groups excluding carboxylic acids is 1. The van der Waals surface area contributed by atoms with E-state index in [-0.39, 0.29) is 12.7 Å². The molecule has 1 aromatic rings. The summed E-state index contributed by atoms with van der Waals surface area (Å²) >= 11 is 11.8. The molecule has 0 saturated carbocycles. The predicted molar refractivity (Wildman–Crippen MR) is 83.7 cm³/mol. The maximum Gasteiger partial charge on any atom is 0.410 e. The van der Waals surface area contributed by atoms with Crippen molar-refractivity contribution < 1.29 is 9.53 Å². The van der Waals surface area contributed by atoms with Gasteiger partial charge >= 0.3 is 6.09 Å². The van der Waals surface area contributed by atoms with Crippen LogP contribution in [0.1, 0.15) is 5.56 Å². The van der Waals surface area contributed by atoms with Gasteiger partial charge in [-0.05, 0) is 23.8 Å². The minimum Gasteiger partial charge on any atom is -0.445 e. The Balaban J connectivity index is 1.80. The molecule has 1 aromatic carbocycles. The molecule has 0 atom stereocenters. The molecular weight excluding hydrogens is 313 g/mol. The Labute approximate surface area is 134 Å². The van der Waals surface area contributed by atoms with Crippen molar-refractivity contribution in [1.82, 2.24) is 9.80 Å². The van der Waals surface area contributed by atoms with Gasteiger partial charge in [0.2, 0.25) is 0 Å². The van der Waals surface area contributed by atoms with E-state index in [9.17, 15) is 4.79 Å². The van der Waals surface area contributed by atoms with E-state index in [0.717, 1.165) is 25.2 Å². The highest BCUT2D eigenvalue weighted by atomic mass is 35.5. The van der Waals surface area contributed by atoms with Crippen molar-refractivity contribution in [2.75, 3.05) is 39.3 Å². The van der Waals surface area contributed by atoms with Gasteiger partial charge in [0.15, 0.2) is 0 Å². The van der Waals surface area contributed by atoms with E-state index in [1.54, 1.807) is 23.1 Å². The van der Waals surface area contributed by atoms with Crippen molar-refractivity contribution in [3.8, 4) is 0 Å². The molecule has 2 rings (SSSR count). The zero-order chi connectivity index (χ0) is 15.2. The first-order valence-electron chi connectivity index (χ1n) is 6.87. The third-order valence-corrected chi connectivity index (χ3v) is 3.80.